The van der Waals surface area contributed by atoms with Gasteiger partial charge in [0, 0.05) is 23.5 Å². The van der Waals surface area contributed by atoms with Crippen molar-refractivity contribution in [3.8, 4) is 5.75 Å². The fourth-order valence-corrected chi connectivity index (χ4v) is 2.43. The zero-order valence-corrected chi connectivity index (χ0v) is 14.7. The van der Waals surface area contributed by atoms with E-state index in [2.05, 4.69) is 4.74 Å². The molecule has 0 spiro atoms. The Kier molecular flexibility index (Phi) is 6.83. The van der Waals surface area contributed by atoms with Gasteiger partial charge in [-0.1, -0.05) is 24.3 Å². The second-order valence-corrected chi connectivity index (χ2v) is 6.11. The molecule has 2 rings (SSSR count). The van der Waals surface area contributed by atoms with E-state index in [1.807, 2.05) is 0 Å². The number of rotatable bonds is 8. The summed E-state index contributed by atoms with van der Waals surface area (Å²) >= 11 is 0. The van der Waals surface area contributed by atoms with Crippen LogP contribution in [0.25, 0.3) is 0 Å². The summed E-state index contributed by atoms with van der Waals surface area (Å²) in [6, 6.07) is 10.5. The first kappa shape index (κ1) is 22.6. The average molecular weight is 426 g/mol. The highest BCUT2D eigenvalue weighted by Gasteiger charge is 2.44. The number of nitrogens with zero attached hydrogens (tertiary/aromatic N) is 1. The molecule has 0 radical (unpaired) electrons. The Bertz CT molecular complexity index is 815. The van der Waals surface area contributed by atoms with E-state index in [1.165, 1.54) is 42.5 Å². The summed E-state index contributed by atoms with van der Waals surface area (Å²) < 4.78 is 94.1. The zero-order valence-electron chi connectivity index (χ0n) is 14.7. The van der Waals surface area contributed by atoms with Gasteiger partial charge in [0.25, 0.3) is 0 Å². The number of para-hydroxylation sites is 1. The molecule has 2 aromatic carbocycles. The van der Waals surface area contributed by atoms with Crippen molar-refractivity contribution < 1.29 is 40.6 Å². The van der Waals surface area contributed by atoms with E-state index in [4.69, 9.17) is 5.73 Å². The van der Waals surface area contributed by atoms with Gasteiger partial charge in [-0.05, 0) is 24.3 Å². The Labute approximate surface area is 161 Å². The monoisotopic (exact) mass is 426 g/mol. The van der Waals surface area contributed by atoms with Crippen molar-refractivity contribution in [2.75, 3.05) is 17.2 Å². The van der Waals surface area contributed by atoms with Crippen molar-refractivity contribution >= 4 is 11.4 Å². The second-order valence-electron chi connectivity index (χ2n) is 6.11. The molecule has 0 aliphatic rings. The number of ether oxygens (including phenoxy) is 1. The summed E-state index contributed by atoms with van der Waals surface area (Å²) in [5, 5.41) is 9.44. The highest BCUT2D eigenvalue weighted by molar-refractivity contribution is 5.56. The van der Waals surface area contributed by atoms with Crippen molar-refractivity contribution in [3.05, 3.63) is 54.1 Å². The molecule has 1 unspecified atom stereocenters. The molecule has 0 aliphatic carbocycles. The van der Waals surface area contributed by atoms with Crippen LogP contribution in [0.15, 0.2) is 48.5 Å². The molecule has 1 atom stereocenters. The molecule has 11 heteroatoms. The molecule has 0 heterocycles. The Hall–Kier alpha value is -2.69. The van der Waals surface area contributed by atoms with Gasteiger partial charge in [-0.25, -0.2) is 0 Å². The normalized spacial score (nSPS) is 13.4. The number of hydrogen-bond donors (Lipinski definition) is 2. The van der Waals surface area contributed by atoms with Crippen LogP contribution in [0.3, 0.4) is 0 Å². The molecule has 2 aromatic rings. The predicted molar refractivity (Wildman–Crippen MR) is 92.0 cm³/mol. The minimum absolute atomic E-state index is 0.0929. The van der Waals surface area contributed by atoms with Crippen LogP contribution in [-0.2, 0) is 6.54 Å². The van der Waals surface area contributed by atoms with Gasteiger partial charge in [0.1, 0.15) is 5.75 Å². The first-order valence-electron chi connectivity index (χ1n) is 8.18. The number of benzene rings is 2. The number of nitrogens with two attached hydrogens (primary N) is 1. The number of aliphatic hydroxyl groups excluding tert-OH is 1. The maximum atomic E-state index is 13.3. The van der Waals surface area contributed by atoms with E-state index < -0.39 is 43.7 Å². The Morgan fingerprint density at radius 2 is 1.66 bits per heavy atom. The molecule has 0 aromatic heterocycles. The van der Waals surface area contributed by atoms with Gasteiger partial charge in [-0.2, -0.15) is 30.7 Å². The number of hydrogen-bond acceptors (Lipinski definition) is 4. The van der Waals surface area contributed by atoms with Gasteiger partial charge < -0.3 is 20.5 Å². The smallest absolute Gasteiger partial charge is 0.428 e. The number of alkyl halides is 7. The first-order chi connectivity index (χ1) is 13.4. The Balaban J connectivity index is 2.36. The molecule has 0 amide bonds. The maximum Gasteiger partial charge on any atom is 0.461 e. The van der Waals surface area contributed by atoms with Crippen molar-refractivity contribution in [2.45, 2.75) is 31.4 Å². The SMILES string of the molecule is Nc1cccc(N(Cc2ccccc2OC(F)(F)C(F)F)CC(O)C(F)(F)F)c1. The topological polar surface area (TPSA) is 58.7 Å². The highest BCUT2D eigenvalue weighted by atomic mass is 19.4. The summed E-state index contributed by atoms with van der Waals surface area (Å²) in [6.07, 6.45) is -16.6. The molecule has 0 aliphatic heterocycles. The van der Waals surface area contributed by atoms with Crippen LogP contribution in [0.2, 0.25) is 0 Å². The van der Waals surface area contributed by atoms with Crippen LogP contribution in [0.5, 0.6) is 5.75 Å². The van der Waals surface area contributed by atoms with Crippen LogP contribution >= 0.6 is 0 Å². The zero-order chi connectivity index (χ0) is 21.8. The molecular weight excluding hydrogens is 409 g/mol. The number of anilines is 2. The van der Waals surface area contributed by atoms with Gasteiger partial charge in [0.2, 0.25) is 0 Å². The molecular formula is C18H17F7N2O2. The van der Waals surface area contributed by atoms with E-state index in [0.717, 1.165) is 11.0 Å². The number of nitrogen functional groups attached to an aromatic ring is 1. The quantitative estimate of drug-likeness (QED) is 0.484. The van der Waals surface area contributed by atoms with Crippen LogP contribution in [0, 0.1) is 0 Å². The molecule has 3 N–H and O–H groups in total. The lowest BCUT2D eigenvalue weighted by molar-refractivity contribution is -0.253. The third kappa shape index (κ3) is 6.14. The minimum Gasteiger partial charge on any atom is -0.428 e. The number of aliphatic hydroxyl groups is 1. The lowest BCUT2D eigenvalue weighted by Gasteiger charge is -2.29. The van der Waals surface area contributed by atoms with Gasteiger partial charge in [0.15, 0.2) is 6.10 Å². The van der Waals surface area contributed by atoms with E-state index in [-0.39, 0.29) is 16.9 Å². The molecule has 0 fully saturated rings. The maximum absolute atomic E-state index is 13.3. The molecule has 29 heavy (non-hydrogen) atoms. The largest absolute Gasteiger partial charge is 0.461 e. The lowest BCUT2D eigenvalue weighted by atomic mass is 10.1. The Morgan fingerprint density at radius 1 is 1.00 bits per heavy atom. The molecule has 0 bridgehead atoms. The average Bonchev–Trinajstić information content (AvgIpc) is 2.61. The van der Waals surface area contributed by atoms with Gasteiger partial charge in [0.05, 0.1) is 6.54 Å². The van der Waals surface area contributed by atoms with Crippen molar-refractivity contribution in [1.29, 1.82) is 0 Å². The summed E-state index contributed by atoms with van der Waals surface area (Å²) in [7, 11) is 0. The van der Waals surface area contributed by atoms with E-state index >= 15 is 0 Å². The predicted octanol–water partition coefficient (Wildman–Crippen LogP) is 4.44. The molecule has 4 nitrogen and oxygen atoms in total. The summed E-state index contributed by atoms with van der Waals surface area (Å²) in [5.74, 6) is -0.631. The third-order valence-electron chi connectivity index (χ3n) is 3.84. The van der Waals surface area contributed by atoms with E-state index in [9.17, 15) is 35.8 Å². The van der Waals surface area contributed by atoms with E-state index in [0.29, 0.717) is 0 Å². The molecule has 0 saturated carbocycles. The minimum atomic E-state index is -4.93. The Morgan fingerprint density at radius 3 is 2.24 bits per heavy atom. The van der Waals surface area contributed by atoms with Gasteiger partial charge in [-0.3, -0.25) is 0 Å². The number of halogens is 7. The first-order valence-corrected chi connectivity index (χ1v) is 8.18. The third-order valence-corrected chi connectivity index (χ3v) is 3.84. The highest BCUT2D eigenvalue weighted by Crippen LogP contribution is 2.32. The summed E-state index contributed by atoms with van der Waals surface area (Å²) in [4.78, 5) is 1.03. The fourth-order valence-electron chi connectivity index (χ4n) is 2.43. The molecule has 0 saturated heterocycles. The van der Waals surface area contributed by atoms with Crippen LogP contribution < -0.4 is 15.4 Å². The summed E-state index contributed by atoms with van der Waals surface area (Å²) in [6.45, 7) is -1.40. The van der Waals surface area contributed by atoms with Crippen molar-refractivity contribution in [1.82, 2.24) is 0 Å². The molecule has 160 valence electrons. The van der Waals surface area contributed by atoms with Gasteiger partial charge >= 0.3 is 18.7 Å². The van der Waals surface area contributed by atoms with Crippen molar-refractivity contribution in [3.63, 3.8) is 0 Å². The van der Waals surface area contributed by atoms with E-state index in [1.54, 1.807) is 0 Å². The van der Waals surface area contributed by atoms with Crippen LogP contribution in [-0.4, -0.2) is 36.5 Å². The van der Waals surface area contributed by atoms with Crippen molar-refractivity contribution in [2.24, 2.45) is 0 Å². The second kappa shape index (κ2) is 8.76. The summed E-state index contributed by atoms with van der Waals surface area (Å²) in [5.41, 5.74) is 5.91. The fraction of sp³-hybridized carbons (Fsp3) is 0.333. The van der Waals surface area contributed by atoms with Crippen LogP contribution in [0.4, 0.5) is 42.1 Å². The standard InChI is InChI=1S/C18H17F7N2O2/c19-16(20)18(24,25)29-14-7-2-1-4-11(14)9-27(10-15(28)17(21,22)23)13-6-3-5-12(26)8-13/h1-8,15-16,28H,9-10,26H2. The van der Waals surface area contributed by atoms with Crippen LogP contribution in [0.1, 0.15) is 5.56 Å². The van der Waals surface area contributed by atoms with Gasteiger partial charge in [-0.15, -0.1) is 0 Å². The lowest BCUT2D eigenvalue weighted by Crippen LogP contribution is -2.41.